The van der Waals surface area contributed by atoms with Crippen molar-refractivity contribution in [2.45, 2.75) is 11.3 Å². The van der Waals surface area contributed by atoms with Gasteiger partial charge in [0.25, 0.3) is 0 Å². The Morgan fingerprint density at radius 2 is 2.00 bits per heavy atom. The number of hydrogen-bond acceptors (Lipinski definition) is 8. The molecule has 2 N–H and O–H groups in total. The lowest BCUT2D eigenvalue weighted by molar-refractivity contribution is -0.131. The van der Waals surface area contributed by atoms with Gasteiger partial charge in [0.1, 0.15) is 5.75 Å². The molecule has 3 rings (SSSR count). The quantitative estimate of drug-likeness (QED) is 0.427. The molecule has 1 heterocycles. The molecule has 32 heavy (non-hydrogen) atoms. The molecule has 0 fully saturated rings. The number of nitrogens with zero attached hydrogens (tertiary/aromatic N) is 3. The van der Waals surface area contributed by atoms with E-state index in [1.807, 2.05) is 25.1 Å². The molecule has 2 amide bonds. The Bertz CT molecular complexity index is 1110. The van der Waals surface area contributed by atoms with Gasteiger partial charge in [0.05, 0.1) is 19.4 Å². The summed E-state index contributed by atoms with van der Waals surface area (Å²) in [6.45, 7) is 1.87. The smallest absolute Gasteiger partial charge is 0.243 e. The van der Waals surface area contributed by atoms with Crippen LogP contribution in [0.1, 0.15) is 5.56 Å². The standard InChI is InChI=1S/C21H22ClN5O3S2/c1-13-7-8-15(10-17(13)22)24-20-25-26-21(32-20)31-12-19(29)27(2)11-18(28)23-14-5-4-6-16(9-14)30-3/h4-10H,11-12H2,1-3H3,(H,23,28)(H,24,25). The van der Waals surface area contributed by atoms with Crippen LogP contribution >= 0.6 is 34.7 Å². The number of carbonyl (C=O) groups is 2. The second-order valence-electron chi connectivity index (χ2n) is 6.78. The highest BCUT2D eigenvalue weighted by Gasteiger charge is 2.15. The molecule has 0 aliphatic heterocycles. The van der Waals surface area contributed by atoms with E-state index in [2.05, 4.69) is 20.8 Å². The van der Waals surface area contributed by atoms with E-state index < -0.39 is 0 Å². The van der Waals surface area contributed by atoms with Gasteiger partial charge in [-0.3, -0.25) is 9.59 Å². The monoisotopic (exact) mass is 491 g/mol. The van der Waals surface area contributed by atoms with E-state index in [-0.39, 0.29) is 24.1 Å². The fraction of sp³-hybridized carbons (Fsp3) is 0.238. The van der Waals surface area contributed by atoms with Crippen molar-refractivity contribution in [2.75, 3.05) is 37.1 Å². The molecule has 0 atom stereocenters. The van der Waals surface area contributed by atoms with Crippen LogP contribution in [-0.2, 0) is 9.59 Å². The first-order valence-electron chi connectivity index (χ1n) is 9.51. The summed E-state index contributed by atoms with van der Waals surface area (Å²) in [5, 5.41) is 15.4. The van der Waals surface area contributed by atoms with Crippen molar-refractivity contribution in [1.82, 2.24) is 15.1 Å². The molecule has 168 valence electrons. The Morgan fingerprint density at radius 1 is 1.19 bits per heavy atom. The molecule has 0 radical (unpaired) electrons. The molecule has 0 bridgehead atoms. The summed E-state index contributed by atoms with van der Waals surface area (Å²) in [6.07, 6.45) is 0. The fourth-order valence-electron chi connectivity index (χ4n) is 2.55. The number of benzene rings is 2. The van der Waals surface area contributed by atoms with Crippen molar-refractivity contribution in [1.29, 1.82) is 0 Å². The topological polar surface area (TPSA) is 96.5 Å². The van der Waals surface area contributed by atoms with Crippen LogP contribution in [0, 0.1) is 6.92 Å². The number of anilines is 3. The fourth-order valence-corrected chi connectivity index (χ4v) is 4.44. The summed E-state index contributed by atoms with van der Waals surface area (Å²) in [5.41, 5.74) is 2.41. The van der Waals surface area contributed by atoms with E-state index >= 15 is 0 Å². The first-order valence-corrected chi connectivity index (χ1v) is 11.7. The second-order valence-corrected chi connectivity index (χ2v) is 9.39. The maximum Gasteiger partial charge on any atom is 0.243 e. The third-order valence-corrected chi connectivity index (χ3v) is 6.67. The number of ether oxygens (including phenoxy) is 1. The third kappa shape index (κ3) is 6.84. The summed E-state index contributed by atoms with van der Waals surface area (Å²) in [4.78, 5) is 26.0. The van der Waals surface area contributed by atoms with Crippen LogP contribution in [0.4, 0.5) is 16.5 Å². The van der Waals surface area contributed by atoms with Crippen molar-refractivity contribution in [3.8, 4) is 5.75 Å². The van der Waals surface area contributed by atoms with Crippen LogP contribution in [-0.4, -0.2) is 53.4 Å². The predicted octanol–water partition coefficient (Wildman–Crippen LogP) is 4.44. The number of thioether (sulfide) groups is 1. The van der Waals surface area contributed by atoms with Crippen LogP contribution in [0.2, 0.25) is 5.02 Å². The van der Waals surface area contributed by atoms with Crippen molar-refractivity contribution < 1.29 is 14.3 Å². The highest BCUT2D eigenvalue weighted by Crippen LogP contribution is 2.29. The lowest BCUT2D eigenvalue weighted by Gasteiger charge is -2.16. The van der Waals surface area contributed by atoms with Crippen molar-refractivity contribution in [2.24, 2.45) is 0 Å². The van der Waals surface area contributed by atoms with Gasteiger partial charge in [0.15, 0.2) is 4.34 Å². The first kappa shape index (κ1) is 23.8. The van der Waals surface area contributed by atoms with Crippen LogP contribution in [0.3, 0.4) is 0 Å². The molecule has 11 heteroatoms. The van der Waals surface area contributed by atoms with Gasteiger partial charge in [-0.1, -0.05) is 46.8 Å². The Labute approximate surface area is 199 Å². The van der Waals surface area contributed by atoms with Crippen LogP contribution in [0.25, 0.3) is 0 Å². The third-order valence-electron chi connectivity index (χ3n) is 4.31. The number of halogens is 1. The van der Waals surface area contributed by atoms with Crippen LogP contribution in [0.5, 0.6) is 5.75 Å². The summed E-state index contributed by atoms with van der Waals surface area (Å²) in [7, 11) is 3.14. The average Bonchev–Trinajstić information content (AvgIpc) is 3.21. The van der Waals surface area contributed by atoms with Gasteiger partial charge in [0.2, 0.25) is 16.9 Å². The second kappa shape index (κ2) is 11.2. The maximum atomic E-state index is 12.4. The van der Waals surface area contributed by atoms with E-state index in [0.717, 1.165) is 11.3 Å². The van der Waals surface area contributed by atoms with E-state index in [0.29, 0.717) is 25.9 Å². The number of hydrogen-bond donors (Lipinski definition) is 2. The van der Waals surface area contributed by atoms with Gasteiger partial charge in [-0.15, -0.1) is 10.2 Å². The Balaban J connectivity index is 1.46. The minimum Gasteiger partial charge on any atom is -0.497 e. The zero-order valence-corrected chi connectivity index (χ0v) is 20.1. The summed E-state index contributed by atoms with van der Waals surface area (Å²) >= 11 is 8.75. The first-order chi connectivity index (χ1) is 15.3. The number of aromatic nitrogens is 2. The number of nitrogens with one attached hydrogen (secondary N) is 2. The zero-order valence-electron chi connectivity index (χ0n) is 17.7. The molecule has 0 unspecified atom stereocenters. The summed E-state index contributed by atoms with van der Waals surface area (Å²) in [6, 6.07) is 12.7. The number of aryl methyl sites for hydroxylation is 1. The number of carbonyl (C=O) groups excluding carboxylic acids is 2. The Hall–Kier alpha value is -2.82. The summed E-state index contributed by atoms with van der Waals surface area (Å²) < 4.78 is 5.78. The highest BCUT2D eigenvalue weighted by molar-refractivity contribution is 8.01. The van der Waals surface area contributed by atoms with E-state index in [1.165, 1.54) is 28.0 Å². The maximum absolute atomic E-state index is 12.4. The average molecular weight is 492 g/mol. The molecular weight excluding hydrogens is 470 g/mol. The van der Waals surface area contributed by atoms with Crippen LogP contribution < -0.4 is 15.4 Å². The van der Waals surface area contributed by atoms with E-state index in [1.54, 1.807) is 38.4 Å². The predicted molar refractivity (Wildman–Crippen MR) is 129 cm³/mol. The van der Waals surface area contributed by atoms with E-state index in [4.69, 9.17) is 16.3 Å². The molecule has 3 aromatic rings. The normalized spacial score (nSPS) is 10.5. The van der Waals surface area contributed by atoms with Gasteiger partial charge in [-0.05, 0) is 36.8 Å². The van der Waals surface area contributed by atoms with Crippen molar-refractivity contribution >= 4 is 63.0 Å². The number of likely N-dealkylation sites (N-methyl/N-ethyl adjacent to an activating group) is 1. The van der Waals surface area contributed by atoms with Crippen molar-refractivity contribution in [3.05, 3.63) is 53.1 Å². The minimum atomic E-state index is -0.293. The summed E-state index contributed by atoms with van der Waals surface area (Å²) in [5.74, 6) is 0.303. The minimum absolute atomic E-state index is 0.0618. The number of amides is 2. The molecule has 0 spiro atoms. The molecule has 0 aliphatic rings. The van der Waals surface area contributed by atoms with Gasteiger partial charge in [-0.2, -0.15) is 0 Å². The lowest BCUT2D eigenvalue weighted by Crippen LogP contribution is -2.35. The van der Waals surface area contributed by atoms with Gasteiger partial charge < -0.3 is 20.3 Å². The molecule has 1 aromatic heterocycles. The zero-order chi connectivity index (χ0) is 23.1. The SMILES string of the molecule is COc1cccc(NC(=O)CN(C)C(=O)CSc2nnc(Nc3ccc(C)c(Cl)c3)s2)c1. The molecular formula is C21H22ClN5O3S2. The lowest BCUT2D eigenvalue weighted by atomic mass is 10.2. The number of methoxy groups -OCH3 is 1. The largest absolute Gasteiger partial charge is 0.497 e. The molecule has 2 aromatic carbocycles. The molecule has 0 saturated heterocycles. The molecule has 0 aliphatic carbocycles. The van der Waals surface area contributed by atoms with E-state index in [9.17, 15) is 9.59 Å². The molecule has 0 saturated carbocycles. The van der Waals surface area contributed by atoms with Gasteiger partial charge in [-0.25, -0.2) is 0 Å². The number of rotatable bonds is 9. The van der Waals surface area contributed by atoms with Gasteiger partial charge >= 0.3 is 0 Å². The Kier molecular flexibility index (Phi) is 8.32. The Morgan fingerprint density at radius 3 is 2.75 bits per heavy atom. The molecule has 8 nitrogen and oxygen atoms in total. The highest BCUT2D eigenvalue weighted by atomic mass is 35.5. The van der Waals surface area contributed by atoms with Crippen molar-refractivity contribution in [3.63, 3.8) is 0 Å². The van der Waals surface area contributed by atoms with Gasteiger partial charge in [0, 0.05) is 29.5 Å². The van der Waals surface area contributed by atoms with Crippen LogP contribution in [0.15, 0.2) is 46.8 Å².